The van der Waals surface area contributed by atoms with Gasteiger partial charge < -0.3 is 0 Å². The van der Waals surface area contributed by atoms with E-state index in [1.54, 1.807) is 6.07 Å². The maximum Gasteiger partial charge on any atom is 0.178 e. The van der Waals surface area contributed by atoms with Crippen LogP contribution in [0.4, 0.5) is 0 Å². The molecule has 0 bridgehead atoms. The third-order valence-electron chi connectivity index (χ3n) is 1.98. The molecule has 0 saturated carbocycles. The van der Waals surface area contributed by atoms with Crippen molar-refractivity contribution < 1.29 is 8.42 Å². The summed E-state index contributed by atoms with van der Waals surface area (Å²) in [6.45, 7) is 5.98. The highest BCUT2D eigenvalue weighted by Gasteiger charge is 2.19. The van der Waals surface area contributed by atoms with Crippen LogP contribution in [0.3, 0.4) is 0 Å². The summed E-state index contributed by atoms with van der Waals surface area (Å²) in [5, 5.41) is 0.0462. The zero-order valence-corrected chi connectivity index (χ0v) is 10.8. The summed E-state index contributed by atoms with van der Waals surface area (Å²) in [5.74, 6) is 0. The van der Waals surface area contributed by atoms with E-state index < -0.39 is 9.84 Å². The van der Waals surface area contributed by atoms with E-state index in [4.69, 9.17) is 11.6 Å². The number of pyridine rings is 1. The van der Waals surface area contributed by atoms with Crippen LogP contribution in [0.15, 0.2) is 17.0 Å². The zero-order valence-electron chi connectivity index (χ0n) is 9.20. The summed E-state index contributed by atoms with van der Waals surface area (Å²) in [4.78, 5) is 4.18. The molecule has 0 unspecified atom stereocenters. The van der Waals surface area contributed by atoms with Crippen molar-refractivity contribution in [1.29, 1.82) is 0 Å². The van der Waals surface area contributed by atoms with Gasteiger partial charge in [0.15, 0.2) is 9.84 Å². The molecule has 5 heteroatoms. The van der Waals surface area contributed by atoms with Crippen LogP contribution < -0.4 is 0 Å². The molecule has 1 aromatic heterocycles. The lowest BCUT2D eigenvalue weighted by molar-refractivity contribution is 0.566. The van der Waals surface area contributed by atoms with Crippen LogP contribution in [0, 0.1) is 0 Å². The molecule has 1 heterocycles. The Kier molecular flexibility index (Phi) is 3.12. The molecule has 3 nitrogen and oxygen atoms in total. The molecule has 0 aromatic carbocycles. The predicted molar refractivity (Wildman–Crippen MR) is 61.1 cm³/mol. The molecule has 1 rings (SSSR count). The van der Waals surface area contributed by atoms with Crippen molar-refractivity contribution in [2.75, 3.05) is 6.26 Å². The largest absolute Gasteiger partial charge is 0.239 e. The van der Waals surface area contributed by atoms with Gasteiger partial charge >= 0.3 is 0 Å². The number of hydrogen-bond acceptors (Lipinski definition) is 3. The average molecular weight is 248 g/mol. The second-order valence-corrected chi connectivity index (χ2v) is 6.85. The lowest BCUT2D eigenvalue weighted by Crippen LogP contribution is -2.14. The van der Waals surface area contributed by atoms with E-state index in [-0.39, 0.29) is 15.5 Å². The van der Waals surface area contributed by atoms with Crippen LogP contribution in [-0.4, -0.2) is 19.7 Å². The van der Waals surface area contributed by atoms with E-state index in [1.807, 2.05) is 20.8 Å². The quantitative estimate of drug-likeness (QED) is 0.716. The maximum absolute atomic E-state index is 11.3. The van der Waals surface area contributed by atoms with Gasteiger partial charge in [-0.3, -0.25) is 0 Å². The Morgan fingerprint density at radius 3 is 2.13 bits per heavy atom. The maximum atomic E-state index is 11.3. The lowest BCUT2D eigenvalue weighted by Gasteiger charge is -2.18. The van der Waals surface area contributed by atoms with Crippen LogP contribution in [0.1, 0.15) is 26.5 Å². The van der Waals surface area contributed by atoms with Gasteiger partial charge in [0.05, 0.1) is 0 Å². The van der Waals surface area contributed by atoms with Crippen LogP contribution in [0.2, 0.25) is 5.15 Å². The number of halogens is 1. The van der Waals surface area contributed by atoms with Crippen molar-refractivity contribution in [2.24, 2.45) is 0 Å². The first-order chi connectivity index (χ1) is 6.62. The molecule has 0 aliphatic heterocycles. The van der Waals surface area contributed by atoms with Crippen LogP contribution >= 0.6 is 11.6 Å². The first-order valence-corrected chi connectivity index (χ1v) is 6.76. The monoisotopic (exact) mass is 247 g/mol. The van der Waals surface area contributed by atoms with Gasteiger partial charge in [-0.1, -0.05) is 32.4 Å². The Labute approximate surface area is 95.4 Å². The second kappa shape index (κ2) is 3.76. The van der Waals surface area contributed by atoms with Crippen molar-refractivity contribution in [2.45, 2.75) is 31.1 Å². The highest BCUT2D eigenvalue weighted by molar-refractivity contribution is 7.90. The normalized spacial score (nSPS) is 12.9. The average Bonchev–Trinajstić information content (AvgIpc) is 1.99. The standard InChI is InChI=1S/C10H14ClNO2S/c1-10(2,3)8-6-5-7(9(11)12-8)15(4,13)14/h5-6H,1-4H3. The number of rotatable bonds is 1. The Balaban J connectivity index is 3.34. The van der Waals surface area contributed by atoms with Gasteiger partial charge in [-0.15, -0.1) is 0 Å². The molecule has 0 fully saturated rings. The Hall–Kier alpha value is -0.610. The fraction of sp³-hybridized carbons (Fsp3) is 0.500. The highest BCUT2D eigenvalue weighted by Crippen LogP contribution is 2.25. The van der Waals surface area contributed by atoms with Gasteiger partial charge in [0, 0.05) is 17.4 Å². The number of nitrogens with zero attached hydrogens (tertiary/aromatic N) is 1. The summed E-state index contributed by atoms with van der Waals surface area (Å²) in [5.41, 5.74) is 0.638. The fourth-order valence-electron chi connectivity index (χ4n) is 1.12. The molecule has 0 aliphatic rings. The lowest BCUT2D eigenvalue weighted by atomic mass is 9.92. The Morgan fingerprint density at radius 2 is 1.80 bits per heavy atom. The molecule has 0 radical (unpaired) electrons. The molecule has 0 atom stereocenters. The molecule has 0 N–H and O–H groups in total. The van der Waals surface area contributed by atoms with E-state index in [0.717, 1.165) is 11.9 Å². The number of sulfone groups is 1. The van der Waals surface area contributed by atoms with E-state index in [0.29, 0.717) is 0 Å². The first kappa shape index (κ1) is 12.5. The van der Waals surface area contributed by atoms with Gasteiger partial charge in [-0.25, -0.2) is 13.4 Å². The van der Waals surface area contributed by atoms with Crippen molar-refractivity contribution in [3.05, 3.63) is 23.0 Å². The third-order valence-corrected chi connectivity index (χ3v) is 3.51. The number of hydrogen-bond donors (Lipinski definition) is 0. The molecular formula is C10H14ClNO2S. The van der Waals surface area contributed by atoms with Gasteiger partial charge in [-0.05, 0) is 12.1 Å². The molecule has 15 heavy (non-hydrogen) atoms. The van der Waals surface area contributed by atoms with Crippen LogP contribution in [0.25, 0.3) is 0 Å². The minimum Gasteiger partial charge on any atom is -0.239 e. The minimum absolute atomic E-state index is 0.0462. The Morgan fingerprint density at radius 1 is 1.27 bits per heavy atom. The molecule has 84 valence electrons. The summed E-state index contributed by atoms with van der Waals surface area (Å²) in [7, 11) is -3.29. The van der Waals surface area contributed by atoms with Crippen LogP contribution in [-0.2, 0) is 15.3 Å². The molecule has 1 aromatic rings. The van der Waals surface area contributed by atoms with E-state index in [2.05, 4.69) is 4.98 Å². The first-order valence-electron chi connectivity index (χ1n) is 4.49. The highest BCUT2D eigenvalue weighted by atomic mass is 35.5. The van der Waals surface area contributed by atoms with Crippen molar-refractivity contribution in [3.8, 4) is 0 Å². The molecule has 0 saturated heterocycles. The number of aromatic nitrogens is 1. The van der Waals surface area contributed by atoms with Crippen molar-refractivity contribution >= 4 is 21.4 Å². The fourth-order valence-corrected chi connectivity index (χ4v) is 2.36. The third kappa shape index (κ3) is 2.92. The smallest absolute Gasteiger partial charge is 0.178 e. The van der Waals surface area contributed by atoms with Gasteiger partial charge in [0.1, 0.15) is 10.0 Å². The summed E-state index contributed by atoms with van der Waals surface area (Å²) >= 11 is 5.83. The van der Waals surface area contributed by atoms with E-state index in [9.17, 15) is 8.42 Å². The van der Waals surface area contributed by atoms with Gasteiger partial charge in [0.25, 0.3) is 0 Å². The van der Waals surface area contributed by atoms with Gasteiger partial charge in [0.2, 0.25) is 0 Å². The van der Waals surface area contributed by atoms with Crippen molar-refractivity contribution in [1.82, 2.24) is 4.98 Å². The minimum atomic E-state index is -3.29. The SMILES string of the molecule is CC(C)(C)c1ccc(S(C)(=O)=O)c(Cl)n1. The molecule has 0 amide bonds. The summed E-state index contributed by atoms with van der Waals surface area (Å²) in [6, 6.07) is 3.20. The second-order valence-electron chi connectivity index (χ2n) is 4.51. The van der Waals surface area contributed by atoms with E-state index >= 15 is 0 Å². The molecule has 0 aliphatic carbocycles. The summed E-state index contributed by atoms with van der Waals surface area (Å²) in [6.07, 6.45) is 1.12. The zero-order chi connectivity index (χ0) is 11.9. The molecule has 0 spiro atoms. The molecular weight excluding hydrogens is 234 g/mol. The van der Waals surface area contributed by atoms with Gasteiger partial charge in [-0.2, -0.15) is 0 Å². The van der Waals surface area contributed by atoms with Crippen molar-refractivity contribution in [3.63, 3.8) is 0 Å². The predicted octanol–water partition coefficient (Wildman–Crippen LogP) is 2.44. The summed E-state index contributed by atoms with van der Waals surface area (Å²) < 4.78 is 22.6. The van der Waals surface area contributed by atoms with E-state index in [1.165, 1.54) is 6.07 Å². The topological polar surface area (TPSA) is 47.0 Å². The Bertz CT molecular complexity index is 475. The van der Waals surface area contributed by atoms with Crippen LogP contribution in [0.5, 0.6) is 0 Å².